The Morgan fingerprint density at radius 3 is 2.50 bits per heavy atom. The molecule has 4 aliphatic rings. The summed E-state index contributed by atoms with van der Waals surface area (Å²) >= 11 is 0. The highest BCUT2D eigenvalue weighted by Crippen LogP contribution is 2.56. The zero-order valence-corrected chi connectivity index (χ0v) is 22.9. The Balaban J connectivity index is 1.30. The first-order valence-electron chi connectivity index (χ1n) is 14.1. The third-order valence-electron chi connectivity index (χ3n) is 8.37. The van der Waals surface area contributed by atoms with Crippen LogP contribution in [0.1, 0.15) is 82.6 Å². The Labute approximate surface area is 224 Å². The third kappa shape index (κ3) is 5.04. The average molecular weight is 529 g/mol. The fraction of sp³-hybridized carbons (Fsp3) is 0.750. The smallest absolute Gasteiger partial charge is 0.410 e. The van der Waals surface area contributed by atoms with Gasteiger partial charge in [-0.15, -0.1) is 0 Å². The predicted octanol–water partition coefficient (Wildman–Crippen LogP) is 3.78. The van der Waals surface area contributed by atoms with Gasteiger partial charge < -0.3 is 24.0 Å². The van der Waals surface area contributed by atoms with Gasteiger partial charge >= 0.3 is 6.09 Å². The molecule has 1 aromatic rings. The molecule has 2 saturated carbocycles. The Hall–Kier alpha value is -2.59. The van der Waals surface area contributed by atoms with Crippen molar-refractivity contribution in [1.82, 2.24) is 14.9 Å². The molecule has 0 bridgehead atoms. The molecule has 4 fully saturated rings. The monoisotopic (exact) mass is 528 g/mol. The van der Waals surface area contributed by atoms with Gasteiger partial charge in [0.2, 0.25) is 5.95 Å². The lowest BCUT2D eigenvalue weighted by Crippen LogP contribution is -2.60. The maximum Gasteiger partial charge on any atom is 0.410 e. The van der Waals surface area contributed by atoms with Crippen LogP contribution in [0.2, 0.25) is 0 Å². The maximum absolute atomic E-state index is 14.0. The van der Waals surface area contributed by atoms with E-state index in [9.17, 15) is 14.4 Å². The van der Waals surface area contributed by atoms with E-state index in [0.29, 0.717) is 71.0 Å². The predicted molar refractivity (Wildman–Crippen MR) is 139 cm³/mol. The number of amides is 1. The lowest BCUT2D eigenvalue weighted by Gasteiger charge is -2.51. The number of Topliss-reactive ketones (excluding diaryl/α,β-unsaturated/α-hetero) is 2. The summed E-state index contributed by atoms with van der Waals surface area (Å²) in [6, 6.07) is 1.60. The first kappa shape index (κ1) is 27.0. The molecular formula is C28H40N4O6. The van der Waals surface area contributed by atoms with Crippen molar-refractivity contribution in [3.8, 4) is 0 Å². The Morgan fingerprint density at radius 2 is 1.74 bits per heavy atom. The van der Waals surface area contributed by atoms with E-state index in [-0.39, 0.29) is 23.4 Å². The Morgan fingerprint density at radius 1 is 1.00 bits per heavy atom. The van der Waals surface area contributed by atoms with Crippen molar-refractivity contribution in [2.75, 3.05) is 44.3 Å². The van der Waals surface area contributed by atoms with E-state index in [1.165, 1.54) is 0 Å². The van der Waals surface area contributed by atoms with Crippen molar-refractivity contribution in [2.24, 2.45) is 11.3 Å². The first-order valence-corrected chi connectivity index (χ1v) is 14.1. The Bertz CT molecular complexity index is 1060. The van der Waals surface area contributed by atoms with E-state index in [0.717, 1.165) is 25.7 Å². The van der Waals surface area contributed by atoms with Gasteiger partial charge in [0, 0.05) is 38.8 Å². The number of nitrogens with zero attached hydrogens (tertiary/aromatic N) is 4. The van der Waals surface area contributed by atoms with Crippen LogP contribution in [0.15, 0.2) is 12.3 Å². The summed E-state index contributed by atoms with van der Waals surface area (Å²) in [6.45, 7) is 8.77. The molecule has 1 unspecified atom stereocenters. The number of carbonyl (C=O) groups excluding carboxylic acids is 3. The molecule has 2 aliphatic heterocycles. The van der Waals surface area contributed by atoms with Crippen LogP contribution >= 0.6 is 0 Å². The summed E-state index contributed by atoms with van der Waals surface area (Å²) in [4.78, 5) is 53.0. The van der Waals surface area contributed by atoms with E-state index in [1.54, 1.807) is 17.2 Å². The Kier molecular flexibility index (Phi) is 7.48. The number of ether oxygens (including phenoxy) is 3. The van der Waals surface area contributed by atoms with E-state index in [4.69, 9.17) is 14.2 Å². The second-order valence-electron chi connectivity index (χ2n) is 12.0. The molecular weight excluding hydrogens is 488 g/mol. The highest BCUT2D eigenvalue weighted by Gasteiger charge is 2.63. The molecule has 2 aliphatic carbocycles. The molecule has 2 saturated heterocycles. The highest BCUT2D eigenvalue weighted by molar-refractivity contribution is 6.12. The maximum atomic E-state index is 14.0. The largest absolute Gasteiger partial charge is 0.444 e. The van der Waals surface area contributed by atoms with Crippen molar-refractivity contribution in [2.45, 2.75) is 83.5 Å². The van der Waals surface area contributed by atoms with E-state index in [1.807, 2.05) is 25.7 Å². The van der Waals surface area contributed by atoms with Crippen molar-refractivity contribution >= 4 is 23.6 Å². The van der Waals surface area contributed by atoms with Crippen LogP contribution in [-0.4, -0.2) is 83.3 Å². The van der Waals surface area contributed by atoms with Crippen LogP contribution in [-0.2, 0) is 19.0 Å². The van der Waals surface area contributed by atoms with Crippen molar-refractivity contribution in [3.63, 3.8) is 0 Å². The van der Waals surface area contributed by atoms with Crippen molar-refractivity contribution < 1.29 is 28.6 Å². The molecule has 10 heteroatoms. The third-order valence-corrected chi connectivity index (χ3v) is 8.37. The molecule has 2 atom stereocenters. The number of carbonyl (C=O) groups is 3. The summed E-state index contributed by atoms with van der Waals surface area (Å²) < 4.78 is 17.8. The van der Waals surface area contributed by atoms with Gasteiger partial charge in [0.1, 0.15) is 11.3 Å². The van der Waals surface area contributed by atoms with E-state index in [2.05, 4.69) is 9.97 Å². The molecule has 38 heavy (non-hydrogen) atoms. The average Bonchev–Trinajstić information content (AvgIpc) is 3.21. The summed E-state index contributed by atoms with van der Waals surface area (Å²) in [6.07, 6.45) is 7.28. The standard InChI is InChI=1S/C28H40N4O6/c1-26(2,3)38-25(35)32-15-7-14-31(16-17-32)24-29-13-9-21(30-24)22(33)20-8-6-11-27(23(20)34)10-4-5-12-28(27)36-18-19-37-28/h9,13,20H,4-8,10-12,14-19H2,1-3H3/t20?,27-/m0/s1. The summed E-state index contributed by atoms with van der Waals surface area (Å²) in [7, 11) is 0. The van der Waals surface area contributed by atoms with Gasteiger partial charge in [-0.1, -0.05) is 12.8 Å². The summed E-state index contributed by atoms with van der Waals surface area (Å²) in [5.74, 6) is -1.48. The minimum atomic E-state index is -0.885. The topological polar surface area (TPSA) is 111 Å². The van der Waals surface area contributed by atoms with Gasteiger partial charge in [-0.25, -0.2) is 14.8 Å². The minimum Gasteiger partial charge on any atom is -0.444 e. The van der Waals surface area contributed by atoms with Crippen LogP contribution in [0.3, 0.4) is 0 Å². The fourth-order valence-corrected chi connectivity index (χ4v) is 6.60. The quantitative estimate of drug-likeness (QED) is 0.427. The molecule has 208 valence electrons. The second kappa shape index (κ2) is 10.5. The van der Waals surface area contributed by atoms with Crippen LogP contribution in [0.5, 0.6) is 0 Å². The van der Waals surface area contributed by atoms with Crippen LogP contribution < -0.4 is 4.90 Å². The SMILES string of the molecule is CC(C)(C)OC(=O)N1CCCN(c2nccc(C(=O)C3CCC[C@@]4(CCCCC45OCCO5)C3=O)n2)CC1. The van der Waals surface area contributed by atoms with E-state index >= 15 is 0 Å². The van der Waals surface area contributed by atoms with Gasteiger partial charge in [-0.2, -0.15) is 0 Å². The number of aromatic nitrogens is 2. The van der Waals surface area contributed by atoms with Gasteiger partial charge in [-0.3, -0.25) is 9.59 Å². The van der Waals surface area contributed by atoms with Gasteiger partial charge in [0.05, 0.1) is 24.5 Å². The number of hydrogen-bond donors (Lipinski definition) is 0. The highest BCUT2D eigenvalue weighted by atomic mass is 16.7. The zero-order chi connectivity index (χ0) is 27.0. The lowest BCUT2D eigenvalue weighted by atomic mass is 9.57. The molecule has 1 aromatic heterocycles. The molecule has 5 rings (SSSR count). The molecule has 0 radical (unpaired) electrons. The summed E-state index contributed by atoms with van der Waals surface area (Å²) in [5.41, 5.74) is -1.05. The molecule has 2 spiro atoms. The normalized spacial score (nSPS) is 28.0. The number of rotatable bonds is 3. The minimum absolute atomic E-state index is 0.0433. The molecule has 10 nitrogen and oxygen atoms in total. The van der Waals surface area contributed by atoms with Crippen LogP contribution in [0, 0.1) is 11.3 Å². The molecule has 0 N–H and O–H groups in total. The number of fused-ring (bicyclic) bond motifs is 1. The fourth-order valence-electron chi connectivity index (χ4n) is 6.60. The molecule has 0 aromatic carbocycles. The molecule has 1 amide bonds. The lowest BCUT2D eigenvalue weighted by molar-refractivity contribution is -0.255. The number of hydrogen-bond acceptors (Lipinski definition) is 9. The van der Waals surface area contributed by atoms with Gasteiger partial charge in [0.15, 0.2) is 17.4 Å². The van der Waals surface area contributed by atoms with Crippen LogP contribution in [0.25, 0.3) is 0 Å². The van der Waals surface area contributed by atoms with Gasteiger partial charge in [0.25, 0.3) is 0 Å². The van der Waals surface area contributed by atoms with Crippen molar-refractivity contribution in [1.29, 1.82) is 0 Å². The second-order valence-corrected chi connectivity index (χ2v) is 12.0. The van der Waals surface area contributed by atoms with Crippen molar-refractivity contribution in [3.05, 3.63) is 18.0 Å². The van der Waals surface area contributed by atoms with Gasteiger partial charge in [-0.05, 0) is 58.9 Å². The van der Waals surface area contributed by atoms with E-state index < -0.39 is 22.7 Å². The first-order chi connectivity index (χ1) is 18.1. The van der Waals surface area contributed by atoms with Crippen LogP contribution in [0.4, 0.5) is 10.7 Å². The summed E-state index contributed by atoms with van der Waals surface area (Å²) in [5, 5.41) is 0. The number of anilines is 1. The number of ketones is 2. The molecule has 3 heterocycles. The zero-order valence-electron chi connectivity index (χ0n) is 22.9.